The third-order valence-corrected chi connectivity index (χ3v) is 4.80. The number of esters is 1. The van der Waals surface area contributed by atoms with Gasteiger partial charge in [-0.15, -0.1) is 0 Å². The van der Waals surface area contributed by atoms with Crippen molar-refractivity contribution >= 4 is 34.9 Å². The van der Waals surface area contributed by atoms with E-state index in [0.29, 0.717) is 17.4 Å². The Hall–Kier alpha value is -1.70. The number of nitrogens with zero attached hydrogens (tertiary/aromatic N) is 1. The molecule has 8 heteroatoms. The van der Waals surface area contributed by atoms with Gasteiger partial charge in [0.2, 0.25) is 0 Å². The maximum Gasteiger partial charge on any atom is 0.338 e. The van der Waals surface area contributed by atoms with Crippen molar-refractivity contribution in [1.29, 1.82) is 0 Å². The van der Waals surface area contributed by atoms with E-state index in [4.69, 9.17) is 33.3 Å². The van der Waals surface area contributed by atoms with Crippen LogP contribution in [-0.4, -0.2) is 42.3 Å². The predicted molar refractivity (Wildman–Crippen MR) is 102 cm³/mol. The zero-order valence-corrected chi connectivity index (χ0v) is 16.7. The lowest BCUT2D eigenvalue weighted by atomic mass is 9.94. The van der Waals surface area contributed by atoms with Crippen LogP contribution in [0.15, 0.2) is 29.5 Å². The van der Waals surface area contributed by atoms with Crippen molar-refractivity contribution in [2.45, 2.75) is 32.9 Å². The highest BCUT2D eigenvalue weighted by molar-refractivity contribution is 7.80. The van der Waals surface area contributed by atoms with Crippen molar-refractivity contribution < 1.29 is 18.7 Å². The van der Waals surface area contributed by atoms with Gasteiger partial charge in [0.1, 0.15) is 5.82 Å². The number of carbonyl (C=O) groups is 1. The summed E-state index contributed by atoms with van der Waals surface area (Å²) in [5.74, 6) is -1.07. The number of rotatable bonds is 6. The topological polar surface area (TPSA) is 50.8 Å². The molecule has 142 valence electrons. The van der Waals surface area contributed by atoms with Crippen LogP contribution in [0.5, 0.6) is 0 Å². The normalized spacial score (nSPS) is 18.6. The molecule has 1 aromatic rings. The molecule has 0 bridgehead atoms. The smallest absolute Gasteiger partial charge is 0.338 e. The number of halogens is 2. The lowest BCUT2D eigenvalue weighted by Gasteiger charge is -2.40. The Labute approximate surface area is 163 Å². The number of benzene rings is 1. The van der Waals surface area contributed by atoms with Crippen molar-refractivity contribution in [2.75, 3.05) is 20.3 Å². The Kier molecular flexibility index (Phi) is 6.97. The van der Waals surface area contributed by atoms with E-state index in [1.165, 1.54) is 12.1 Å². The summed E-state index contributed by atoms with van der Waals surface area (Å²) in [5, 5.41) is 3.61. The second-order valence-electron chi connectivity index (χ2n) is 5.91. The molecule has 0 spiro atoms. The van der Waals surface area contributed by atoms with E-state index in [-0.39, 0.29) is 28.8 Å². The molecule has 1 N–H and O–H groups in total. The van der Waals surface area contributed by atoms with E-state index in [0.717, 1.165) is 0 Å². The first-order valence-corrected chi connectivity index (χ1v) is 9.02. The molecule has 0 aromatic heterocycles. The first kappa shape index (κ1) is 20.6. The number of thiocarbonyl (C=S) groups is 1. The van der Waals surface area contributed by atoms with Crippen molar-refractivity contribution in [2.24, 2.45) is 0 Å². The molecule has 0 aliphatic carbocycles. The van der Waals surface area contributed by atoms with E-state index < -0.39 is 17.8 Å². The fourth-order valence-corrected chi connectivity index (χ4v) is 3.79. The number of allylic oxidation sites excluding steroid dienone is 1. The summed E-state index contributed by atoms with van der Waals surface area (Å²) >= 11 is 11.7. The minimum Gasteiger partial charge on any atom is -0.463 e. The lowest BCUT2D eigenvalue weighted by molar-refractivity contribution is -0.139. The van der Waals surface area contributed by atoms with Gasteiger partial charge in [-0.05, 0) is 45.1 Å². The molecule has 1 heterocycles. The molecule has 0 saturated heterocycles. The Balaban J connectivity index is 2.62. The number of carbonyl (C=O) groups excluding carboxylic acids is 1. The Morgan fingerprint density at radius 2 is 2.19 bits per heavy atom. The molecule has 0 saturated carbocycles. The number of ether oxygens (including phenoxy) is 2. The van der Waals surface area contributed by atoms with Gasteiger partial charge in [0.25, 0.3) is 0 Å². The zero-order valence-electron chi connectivity index (χ0n) is 15.1. The largest absolute Gasteiger partial charge is 0.463 e. The molecule has 1 aromatic carbocycles. The highest BCUT2D eigenvalue weighted by Crippen LogP contribution is 2.36. The quantitative estimate of drug-likeness (QED) is 0.581. The highest BCUT2D eigenvalue weighted by atomic mass is 35.5. The molecular weight excluding hydrogens is 379 g/mol. The summed E-state index contributed by atoms with van der Waals surface area (Å²) in [4.78, 5) is 14.4. The van der Waals surface area contributed by atoms with Crippen LogP contribution < -0.4 is 5.32 Å². The minimum absolute atomic E-state index is 0.124. The van der Waals surface area contributed by atoms with Crippen LogP contribution in [0.2, 0.25) is 5.02 Å². The highest BCUT2D eigenvalue weighted by Gasteiger charge is 2.38. The van der Waals surface area contributed by atoms with Crippen molar-refractivity contribution in [3.63, 3.8) is 0 Å². The van der Waals surface area contributed by atoms with Gasteiger partial charge in [0, 0.05) is 23.4 Å². The van der Waals surface area contributed by atoms with Crippen molar-refractivity contribution in [1.82, 2.24) is 10.2 Å². The van der Waals surface area contributed by atoms with Crippen LogP contribution in [0.3, 0.4) is 0 Å². The first-order valence-electron chi connectivity index (χ1n) is 8.23. The van der Waals surface area contributed by atoms with Crippen LogP contribution >= 0.6 is 23.8 Å². The Bertz CT molecular complexity index is 721. The summed E-state index contributed by atoms with van der Waals surface area (Å²) in [7, 11) is 1.59. The summed E-state index contributed by atoms with van der Waals surface area (Å²) in [6, 6.07) is 3.42. The number of hydrogen-bond acceptors (Lipinski definition) is 4. The van der Waals surface area contributed by atoms with Crippen molar-refractivity contribution in [3.05, 3.63) is 45.9 Å². The van der Waals surface area contributed by atoms with E-state index in [9.17, 15) is 9.18 Å². The van der Waals surface area contributed by atoms with Crippen molar-refractivity contribution in [3.8, 4) is 0 Å². The lowest BCUT2D eigenvalue weighted by Crippen LogP contribution is -2.52. The second-order valence-corrected chi connectivity index (χ2v) is 6.71. The van der Waals surface area contributed by atoms with E-state index in [1.807, 2.05) is 6.92 Å². The molecule has 26 heavy (non-hydrogen) atoms. The maximum atomic E-state index is 14.5. The molecule has 1 aliphatic rings. The van der Waals surface area contributed by atoms with Gasteiger partial charge in [-0.2, -0.15) is 0 Å². The van der Waals surface area contributed by atoms with Crippen LogP contribution in [0.1, 0.15) is 32.4 Å². The summed E-state index contributed by atoms with van der Waals surface area (Å²) in [6.45, 7) is 5.99. The van der Waals surface area contributed by atoms with Gasteiger partial charge in [-0.1, -0.05) is 17.7 Å². The standard InChI is InChI=1S/C18H22ClFN2O3S/c1-5-25-17(23)14-11(3)22(10(2)9-24-4)18(26)21-16(14)15-12(19)7-6-8-13(15)20/h6-8,10,16H,5,9H2,1-4H3,(H,21,26)/t10-,16+/m1/s1. The van der Waals surface area contributed by atoms with Gasteiger partial charge in [-0.3, -0.25) is 0 Å². The molecule has 2 rings (SSSR count). The molecule has 0 fully saturated rings. The Morgan fingerprint density at radius 1 is 1.50 bits per heavy atom. The molecule has 1 aliphatic heterocycles. The number of hydrogen-bond donors (Lipinski definition) is 1. The van der Waals surface area contributed by atoms with Gasteiger partial charge in [0.05, 0.1) is 30.9 Å². The van der Waals surface area contributed by atoms with Crippen LogP contribution in [0.4, 0.5) is 4.39 Å². The predicted octanol–water partition coefficient (Wildman–Crippen LogP) is 3.58. The van der Waals surface area contributed by atoms with Crippen LogP contribution in [0.25, 0.3) is 0 Å². The Morgan fingerprint density at radius 3 is 2.77 bits per heavy atom. The summed E-state index contributed by atoms with van der Waals surface area (Å²) in [6.07, 6.45) is 0. The SMILES string of the molecule is CCOC(=O)C1=C(C)N([C@H](C)COC)C(=S)N[C@@H]1c1c(F)cccc1Cl. The van der Waals surface area contributed by atoms with Gasteiger partial charge in [-0.25, -0.2) is 9.18 Å². The van der Waals surface area contributed by atoms with Gasteiger partial charge >= 0.3 is 5.97 Å². The van der Waals surface area contributed by atoms with E-state index in [2.05, 4.69) is 5.32 Å². The molecule has 0 amide bonds. The van der Waals surface area contributed by atoms with E-state index in [1.54, 1.807) is 31.9 Å². The molecular formula is C18H22ClFN2O3S. The first-order chi connectivity index (χ1) is 12.3. The average Bonchev–Trinajstić information content (AvgIpc) is 2.54. The fraction of sp³-hybridized carbons (Fsp3) is 0.444. The summed E-state index contributed by atoms with van der Waals surface area (Å²) < 4.78 is 24.9. The van der Waals surface area contributed by atoms with Crippen LogP contribution in [0, 0.1) is 5.82 Å². The zero-order chi connectivity index (χ0) is 19.4. The average molecular weight is 401 g/mol. The third-order valence-electron chi connectivity index (χ3n) is 4.16. The minimum atomic E-state index is -0.832. The third kappa shape index (κ3) is 4.00. The molecule has 0 unspecified atom stereocenters. The number of nitrogens with one attached hydrogen (secondary N) is 1. The van der Waals surface area contributed by atoms with E-state index >= 15 is 0 Å². The van der Waals surface area contributed by atoms with Crippen LogP contribution in [-0.2, 0) is 14.3 Å². The fourth-order valence-electron chi connectivity index (χ4n) is 3.08. The molecule has 0 radical (unpaired) electrons. The summed E-state index contributed by atoms with van der Waals surface area (Å²) in [5.41, 5.74) is 1.02. The molecule has 2 atom stereocenters. The monoisotopic (exact) mass is 400 g/mol. The second kappa shape index (κ2) is 8.79. The number of methoxy groups -OCH3 is 1. The van der Waals surface area contributed by atoms with Gasteiger partial charge < -0.3 is 19.7 Å². The maximum absolute atomic E-state index is 14.5. The van der Waals surface area contributed by atoms with Gasteiger partial charge in [0.15, 0.2) is 5.11 Å². The molecule has 5 nitrogen and oxygen atoms in total.